The standard InChI is InChI=1S/C14H19NO3S/c1-9-13(19-10(2)15-9)12(16)11-3-5-18-14(7-11)4-6-17-8-14/h11H,3-8H2,1-2H3. The Morgan fingerprint density at radius 1 is 1.42 bits per heavy atom. The maximum atomic E-state index is 12.6. The second-order valence-electron chi connectivity index (χ2n) is 5.54. The number of aromatic nitrogens is 1. The lowest BCUT2D eigenvalue weighted by atomic mass is 9.82. The van der Waals surface area contributed by atoms with Crippen LogP contribution in [0.1, 0.15) is 39.6 Å². The van der Waals surface area contributed by atoms with Gasteiger partial charge in [0.05, 0.1) is 27.8 Å². The average molecular weight is 281 g/mol. The highest BCUT2D eigenvalue weighted by Crippen LogP contribution is 2.38. The molecule has 0 bridgehead atoms. The molecule has 0 saturated carbocycles. The monoisotopic (exact) mass is 281 g/mol. The Labute approximate surface area is 117 Å². The number of hydrogen-bond donors (Lipinski definition) is 0. The third kappa shape index (κ3) is 2.47. The number of carbonyl (C=O) groups excluding carboxylic acids is 1. The number of aryl methyl sites for hydroxylation is 2. The Hall–Kier alpha value is -0.780. The van der Waals surface area contributed by atoms with Crippen molar-refractivity contribution in [2.45, 2.75) is 38.7 Å². The van der Waals surface area contributed by atoms with Crippen LogP contribution in [0.15, 0.2) is 0 Å². The highest BCUT2D eigenvalue weighted by Gasteiger charge is 2.43. The fourth-order valence-corrected chi connectivity index (χ4v) is 4.00. The smallest absolute Gasteiger partial charge is 0.177 e. The van der Waals surface area contributed by atoms with Crippen LogP contribution in [0, 0.1) is 19.8 Å². The molecule has 2 aliphatic heterocycles. The maximum absolute atomic E-state index is 12.6. The van der Waals surface area contributed by atoms with E-state index < -0.39 is 0 Å². The zero-order valence-electron chi connectivity index (χ0n) is 11.4. The molecule has 2 aliphatic rings. The molecule has 104 valence electrons. The number of hydrogen-bond acceptors (Lipinski definition) is 5. The number of carbonyl (C=O) groups is 1. The molecule has 0 aliphatic carbocycles. The van der Waals surface area contributed by atoms with Crippen molar-refractivity contribution in [1.29, 1.82) is 0 Å². The van der Waals surface area contributed by atoms with Crippen molar-refractivity contribution >= 4 is 17.1 Å². The van der Waals surface area contributed by atoms with E-state index >= 15 is 0 Å². The largest absolute Gasteiger partial charge is 0.378 e. The van der Waals surface area contributed by atoms with Crippen molar-refractivity contribution in [2.24, 2.45) is 5.92 Å². The van der Waals surface area contributed by atoms with Crippen LogP contribution in [0.4, 0.5) is 0 Å². The van der Waals surface area contributed by atoms with Crippen LogP contribution in [0.5, 0.6) is 0 Å². The quantitative estimate of drug-likeness (QED) is 0.782. The molecule has 1 aromatic heterocycles. The summed E-state index contributed by atoms with van der Waals surface area (Å²) < 4.78 is 11.3. The number of ether oxygens (including phenoxy) is 2. The highest BCUT2D eigenvalue weighted by molar-refractivity contribution is 7.13. The molecule has 19 heavy (non-hydrogen) atoms. The first-order valence-corrected chi connectivity index (χ1v) is 7.61. The van der Waals surface area contributed by atoms with Crippen LogP contribution in [0.2, 0.25) is 0 Å². The summed E-state index contributed by atoms with van der Waals surface area (Å²) in [4.78, 5) is 17.8. The molecular weight excluding hydrogens is 262 g/mol. The van der Waals surface area contributed by atoms with Gasteiger partial charge < -0.3 is 9.47 Å². The summed E-state index contributed by atoms with van der Waals surface area (Å²) >= 11 is 1.51. The van der Waals surface area contributed by atoms with Crippen molar-refractivity contribution in [3.63, 3.8) is 0 Å². The SMILES string of the molecule is Cc1nc(C)c(C(=O)C2CCOC3(CCOC3)C2)s1. The van der Waals surface area contributed by atoms with E-state index in [-0.39, 0.29) is 17.3 Å². The third-order valence-corrected chi connectivity index (χ3v) is 5.15. The Morgan fingerprint density at radius 2 is 2.26 bits per heavy atom. The minimum atomic E-state index is -0.202. The number of rotatable bonds is 2. The minimum absolute atomic E-state index is 0.0639. The van der Waals surface area contributed by atoms with Gasteiger partial charge in [0.25, 0.3) is 0 Å². The average Bonchev–Trinajstić information content (AvgIpc) is 2.96. The van der Waals surface area contributed by atoms with Gasteiger partial charge in [-0.3, -0.25) is 4.79 Å². The van der Waals surface area contributed by atoms with Gasteiger partial charge in [0.2, 0.25) is 0 Å². The molecule has 1 spiro atoms. The molecule has 3 heterocycles. The van der Waals surface area contributed by atoms with Gasteiger partial charge in [0.1, 0.15) is 0 Å². The van der Waals surface area contributed by atoms with Gasteiger partial charge in [-0.2, -0.15) is 0 Å². The predicted molar refractivity (Wildman–Crippen MR) is 72.8 cm³/mol. The first-order chi connectivity index (χ1) is 9.10. The lowest BCUT2D eigenvalue weighted by molar-refractivity contribution is -0.0920. The Kier molecular flexibility index (Phi) is 3.45. The normalized spacial score (nSPS) is 30.9. The van der Waals surface area contributed by atoms with Crippen LogP contribution in [0.25, 0.3) is 0 Å². The van der Waals surface area contributed by atoms with E-state index in [4.69, 9.17) is 9.47 Å². The van der Waals surface area contributed by atoms with Gasteiger partial charge in [-0.25, -0.2) is 4.98 Å². The van der Waals surface area contributed by atoms with Crippen molar-refractivity contribution in [2.75, 3.05) is 19.8 Å². The van der Waals surface area contributed by atoms with Crippen LogP contribution in [0.3, 0.4) is 0 Å². The summed E-state index contributed by atoms with van der Waals surface area (Å²) in [7, 11) is 0. The second-order valence-corrected chi connectivity index (χ2v) is 6.74. The van der Waals surface area contributed by atoms with Crippen LogP contribution in [-0.4, -0.2) is 36.2 Å². The fourth-order valence-electron chi connectivity index (χ4n) is 3.06. The van der Waals surface area contributed by atoms with E-state index in [0.717, 1.165) is 41.4 Å². The number of nitrogens with zero attached hydrogens (tertiary/aromatic N) is 1. The van der Waals surface area contributed by atoms with Crippen molar-refractivity contribution in [1.82, 2.24) is 4.98 Å². The van der Waals surface area contributed by atoms with Gasteiger partial charge in [-0.15, -0.1) is 11.3 Å². The maximum Gasteiger partial charge on any atom is 0.177 e. The molecule has 0 radical (unpaired) electrons. The van der Waals surface area contributed by atoms with E-state index in [1.807, 2.05) is 13.8 Å². The van der Waals surface area contributed by atoms with Crippen molar-refractivity contribution < 1.29 is 14.3 Å². The molecule has 2 saturated heterocycles. The summed E-state index contributed by atoms with van der Waals surface area (Å²) in [6, 6.07) is 0. The molecule has 0 N–H and O–H groups in total. The minimum Gasteiger partial charge on any atom is -0.378 e. The Bertz CT molecular complexity index is 491. The molecule has 3 rings (SSSR count). The van der Waals surface area contributed by atoms with Gasteiger partial charge >= 0.3 is 0 Å². The summed E-state index contributed by atoms with van der Waals surface area (Å²) in [5, 5.41) is 0.965. The molecule has 5 heteroatoms. The van der Waals surface area contributed by atoms with Crippen LogP contribution < -0.4 is 0 Å². The highest BCUT2D eigenvalue weighted by atomic mass is 32.1. The predicted octanol–water partition coefficient (Wildman–Crippen LogP) is 2.53. The van der Waals surface area contributed by atoms with Gasteiger partial charge in [-0.1, -0.05) is 0 Å². The van der Waals surface area contributed by atoms with E-state index in [0.29, 0.717) is 13.2 Å². The van der Waals surface area contributed by atoms with Crippen molar-refractivity contribution in [3.8, 4) is 0 Å². The summed E-state index contributed by atoms with van der Waals surface area (Å²) in [5.74, 6) is 0.312. The Morgan fingerprint density at radius 3 is 2.89 bits per heavy atom. The van der Waals surface area contributed by atoms with Gasteiger partial charge in [0, 0.05) is 25.6 Å². The summed E-state index contributed by atoms with van der Waals surface area (Å²) in [6.45, 7) is 5.92. The van der Waals surface area contributed by atoms with E-state index in [9.17, 15) is 4.79 Å². The van der Waals surface area contributed by atoms with Crippen LogP contribution >= 0.6 is 11.3 Å². The van der Waals surface area contributed by atoms with E-state index in [2.05, 4.69) is 4.98 Å². The summed E-state index contributed by atoms with van der Waals surface area (Å²) in [5.41, 5.74) is 0.669. The summed E-state index contributed by atoms with van der Waals surface area (Å²) in [6.07, 6.45) is 2.52. The molecule has 1 aromatic rings. The molecule has 4 nitrogen and oxygen atoms in total. The number of thiazole rings is 1. The lowest BCUT2D eigenvalue weighted by Gasteiger charge is -2.36. The van der Waals surface area contributed by atoms with Gasteiger partial charge in [0.15, 0.2) is 5.78 Å². The van der Waals surface area contributed by atoms with E-state index in [1.54, 1.807) is 0 Å². The molecule has 2 fully saturated rings. The molecule has 0 amide bonds. The lowest BCUT2D eigenvalue weighted by Crippen LogP contribution is -2.42. The first-order valence-electron chi connectivity index (χ1n) is 6.80. The number of Topliss-reactive ketones (excluding diaryl/α,β-unsaturated/α-hetero) is 1. The van der Waals surface area contributed by atoms with Gasteiger partial charge in [-0.05, 0) is 26.7 Å². The molecule has 2 unspecified atom stereocenters. The molecule has 0 aromatic carbocycles. The zero-order valence-corrected chi connectivity index (χ0v) is 12.2. The number of ketones is 1. The second kappa shape index (κ2) is 4.96. The van der Waals surface area contributed by atoms with E-state index in [1.165, 1.54) is 11.3 Å². The topological polar surface area (TPSA) is 48.4 Å². The third-order valence-electron chi connectivity index (χ3n) is 4.06. The van der Waals surface area contributed by atoms with Crippen LogP contribution in [-0.2, 0) is 9.47 Å². The fraction of sp³-hybridized carbons (Fsp3) is 0.714. The molecule has 2 atom stereocenters. The Balaban J connectivity index is 1.78. The molecular formula is C14H19NO3S. The van der Waals surface area contributed by atoms with Crippen molar-refractivity contribution in [3.05, 3.63) is 15.6 Å². The first kappa shape index (κ1) is 13.2. The zero-order chi connectivity index (χ0) is 13.5.